The average molecular weight is 188 g/mol. The smallest absolute Gasteiger partial charge is 0.259 e. The van der Waals surface area contributed by atoms with Crippen LogP contribution < -0.4 is 5.73 Å². The molecule has 4 heteroatoms. The molecule has 1 heterocycles. The number of alkyl halides is 1. The Kier molecular flexibility index (Phi) is 2.91. The average Bonchev–Trinajstić information content (AvgIpc) is 2.48. The Morgan fingerprint density at radius 1 is 1.69 bits per heavy atom. The van der Waals surface area contributed by atoms with Crippen molar-refractivity contribution >= 4 is 5.91 Å². The van der Waals surface area contributed by atoms with Crippen molar-refractivity contribution in [3.8, 4) is 0 Å². The Hall–Kier alpha value is -0.640. The van der Waals surface area contributed by atoms with Crippen LogP contribution in [0.15, 0.2) is 0 Å². The van der Waals surface area contributed by atoms with Crippen LogP contribution in [0.25, 0.3) is 0 Å². The van der Waals surface area contributed by atoms with Gasteiger partial charge in [-0.15, -0.1) is 0 Å². The van der Waals surface area contributed by atoms with Crippen molar-refractivity contribution in [3.63, 3.8) is 0 Å². The number of carbonyl (C=O) groups excluding carboxylic acids is 1. The SMILES string of the molecule is CC(C)(F)C(=O)N1CCC(CN)C1. The van der Waals surface area contributed by atoms with Gasteiger partial charge in [-0.05, 0) is 32.7 Å². The van der Waals surface area contributed by atoms with E-state index in [1.165, 1.54) is 13.8 Å². The predicted octanol–water partition coefficient (Wildman–Crippen LogP) is 0.542. The van der Waals surface area contributed by atoms with E-state index in [9.17, 15) is 9.18 Å². The predicted molar refractivity (Wildman–Crippen MR) is 48.9 cm³/mol. The van der Waals surface area contributed by atoms with Crippen molar-refractivity contribution in [2.24, 2.45) is 11.7 Å². The lowest BCUT2D eigenvalue weighted by Gasteiger charge is -2.22. The Morgan fingerprint density at radius 2 is 2.31 bits per heavy atom. The number of hydrogen-bond acceptors (Lipinski definition) is 2. The van der Waals surface area contributed by atoms with Crippen LogP contribution in [0, 0.1) is 5.92 Å². The van der Waals surface area contributed by atoms with Crippen molar-refractivity contribution in [1.82, 2.24) is 4.90 Å². The van der Waals surface area contributed by atoms with E-state index >= 15 is 0 Å². The van der Waals surface area contributed by atoms with E-state index in [4.69, 9.17) is 5.73 Å². The highest BCUT2D eigenvalue weighted by atomic mass is 19.1. The first-order valence-corrected chi connectivity index (χ1v) is 4.63. The Morgan fingerprint density at radius 3 is 2.69 bits per heavy atom. The van der Waals surface area contributed by atoms with E-state index in [1.807, 2.05) is 0 Å². The van der Waals surface area contributed by atoms with Crippen LogP contribution in [-0.4, -0.2) is 36.1 Å². The number of rotatable bonds is 2. The third-order valence-corrected chi connectivity index (χ3v) is 2.41. The van der Waals surface area contributed by atoms with Gasteiger partial charge < -0.3 is 10.6 Å². The van der Waals surface area contributed by atoms with Crippen LogP contribution in [0.4, 0.5) is 4.39 Å². The molecule has 1 unspecified atom stereocenters. The molecule has 1 aliphatic heterocycles. The lowest BCUT2D eigenvalue weighted by molar-refractivity contribution is -0.140. The summed E-state index contributed by atoms with van der Waals surface area (Å²) in [7, 11) is 0. The van der Waals surface area contributed by atoms with Crippen LogP contribution in [-0.2, 0) is 4.79 Å². The highest BCUT2D eigenvalue weighted by molar-refractivity contribution is 5.84. The monoisotopic (exact) mass is 188 g/mol. The van der Waals surface area contributed by atoms with E-state index < -0.39 is 11.6 Å². The minimum Gasteiger partial charge on any atom is -0.340 e. The van der Waals surface area contributed by atoms with Gasteiger partial charge in [-0.3, -0.25) is 4.79 Å². The second kappa shape index (κ2) is 3.62. The fraction of sp³-hybridized carbons (Fsp3) is 0.889. The molecular formula is C9H17FN2O. The van der Waals surface area contributed by atoms with Crippen molar-refractivity contribution < 1.29 is 9.18 Å². The van der Waals surface area contributed by atoms with Gasteiger partial charge in [0.1, 0.15) is 0 Å². The molecule has 0 aliphatic carbocycles. The third kappa shape index (κ3) is 2.40. The van der Waals surface area contributed by atoms with Crippen molar-refractivity contribution in [2.75, 3.05) is 19.6 Å². The van der Waals surface area contributed by atoms with Gasteiger partial charge in [0, 0.05) is 13.1 Å². The van der Waals surface area contributed by atoms with Crippen LogP contribution in [0.2, 0.25) is 0 Å². The summed E-state index contributed by atoms with van der Waals surface area (Å²) < 4.78 is 13.2. The number of hydrogen-bond donors (Lipinski definition) is 1. The summed E-state index contributed by atoms with van der Waals surface area (Å²) in [6.45, 7) is 4.43. The van der Waals surface area contributed by atoms with Crippen LogP contribution >= 0.6 is 0 Å². The maximum absolute atomic E-state index is 13.2. The molecule has 0 saturated carbocycles. The number of nitrogens with zero attached hydrogens (tertiary/aromatic N) is 1. The molecule has 0 spiro atoms. The molecular weight excluding hydrogens is 171 g/mol. The molecule has 13 heavy (non-hydrogen) atoms. The molecule has 1 atom stereocenters. The van der Waals surface area contributed by atoms with Gasteiger partial charge in [0.15, 0.2) is 5.67 Å². The van der Waals surface area contributed by atoms with E-state index in [-0.39, 0.29) is 0 Å². The first-order chi connectivity index (χ1) is 5.95. The zero-order valence-corrected chi connectivity index (χ0v) is 8.22. The second-order valence-corrected chi connectivity index (χ2v) is 4.11. The maximum Gasteiger partial charge on any atom is 0.259 e. The van der Waals surface area contributed by atoms with E-state index in [1.54, 1.807) is 4.90 Å². The Balaban J connectivity index is 2.52. The molecule has 1 rings (SSSR count). The van der Waals surface area contributed by atoms with E-state index in [0.29, 0.717) is 25.6 Å². The van der Waals surface area contributed by atoms with Gasteiger partial charge in [-0.25, -0.2) is 4.39 Å². The van der Waals surface area contributed by atoms with Crippen molar-refractivity contribution in [2.45, 2.75) is 25.9 Å². The van der Waals surface area contributed by atoms with Crippen LogP contribution in [0.5, 0.6) is 0 Å². The van der Waals surface area contributed by atoms with E-state index in [2.05, 4.69) is 0 Å². The zero-order valence-electron chi connectivity index (χ0n) is 8.22. The van der Waals surface area contributed by atoms with Gasteiger partial charge >= 0.3 is 0 Å². The van der Waals surface area contributed by atoms with Gasteiger partial charge in [0.25, 0.3) is 5.91 Å². The number of carbonyl (C=O) groups is 1. The topological polar surface area (TPSA) is 46.3 Å². The minimum absolute atomic E-state index is 0.353. The van der Waals surface area contributed by atoms with Gasteiger partial charge in [0.2, 0.25) is 0 Å². The van der Waals surface area contributed by atoms with E-state index in [0.717, 1.165) is 6.42 Å². The summed E-state index contributed by atoms with van der Waals surface area (Å²) in [5.74, 6) is -0.0604. The molecule has 76 valence electrons. The first kappa shape index (κ1) is 10.4. The molecule has 1 fully saturated rings. The summed E-state index contributed by atoms with van der Waals surface area (Å²) in [4.78, 5) is 13.0. The highest BCUT2D eigenvalue weighted by Crippen LogP contribution is 2.20. The summed E-state index contributed by atoms with van der Waals surface area (Å²) in [5.41, 5.74) is 3.73. The normalized spacial score (nSPS) is 23.7. The van der Waals surface area contributed by atoms with Crippen molar-refractivity contribution in [3.05, 3.63) is 0 Å². The standard InChI is InChI=1S/C9H17FN2O/c1-9(2,10)8(13)12-4-3-7(5-11)6-12/h7H,3-6,11H2,1-2H3. The largest absolute Gasteiger partial charge is 0.340 e. The van der Waals surface area contributed by atoms with Gasteiger partial charge in [0.05, 0.1) is 0 Å². The molecule has 0 aromatic rings. The van der Waals surface area contributed by atoms with Crippen molar-refractivity contribution in [1.29, 1.82) is 0 Å². The number of nitrogens with two attached hydrogens (primary N) is 1. The molecule has 1 amide bonds. The molecule has 3 nitrogen and oxygen atoms in total. The zero-order chi connectivity index (χ0) is 10.1. The fourth-order valence-electron chi connectivity index (χ4n) is 1.59. The van der Waals surface area contributed by atoms with Gasteiger partial charge in [-0.1, -0.05) is 0 Å². The summed E-state index contributed by atoms with van der Waals surface area (Å²) in [6, 6.07) is 0. The molecule has 1 saturated heterocycles. The molecule has 1 aliphatic rings. The Bertz CT molecular complexity index is 200. The Labute approximate surface area is 78.1 Å². The van der Waals surface area contributed by atoms with Gasteiger partial charge in [-0.2, -0.15) is 0 Å². The lowest BCUT2D eigenvalue weighted by Crippen LogP contribution is -2.41. The third-order valence-electron chi connectivity index (χ3n) is 2.41. The van der Waals surface area contributed by atoms with Crippen LogP contribution in [0.1, 0.15) is 20.3 Å². The first-order valence-electron chi connectivity index (χ1n) is 4.63. The molecule has 0 aromatic carbocycles. The highest BCUT2D eigenvalue weighted by Gasteiger charge is 2.35. The molecule has 0 radical (unpaired) electrons. The fourth-order valence-corrected chi connectivity index (χ4v) is 1.59. The number of amides is 1. The lowest BCUT2D eigenvalue weighted by atomic mass is 10.1. The number of halogens is 1. The molecule has 0 bridgehead atoms. The summed E-state index contributed by atoms with van der Waals surface area (Å²) in [6.07, 6.45) is 0.901. The molecule has 0 aromatic heterocycles. The van der Waals surface area contributed by atoms with Crippen LogP contribution in [0.3, 0.4) is 0 Å². The summed E-state index contributed by atoms with van der Waals surface area (Å²) in [5, 5.41) is 0. The summed E-state index contributed by atoms with van der Waals surface area (Å²) >= 11 is 0. The quantitative estimate of drug-likeness (QED) is 0.687. The molecule has 2 N–H and O–H groups in total. The minimum atomic E-state index is -1.75. The second-order valence-electron chi connectivity index (χ2n) is 4.11. The number of likely N-dealkylation sites (tertiary alicyclic amines) is 1. The maximum atomic E-state index is 13.2.